The molecule has 5 nitrogen and oxygen atoms in total. The Morgan fingerprint density at radius 3 is 2.53 bits per heavy atom. The highest BCUT2D eigenvalue weighted by atomic mass is 16.5. The van der Waals surface area contributed by atoms with E-state index < -0.39 is 0 Å². The second-order valence-corrected chi connectivity index (χ2v) is 8.55. The van der Waals surface area contributed by atoms with Gasteiger partial charge in [0.15, 0.2) is 0 Å². The fourth-order valence-electron chi connectivity index (χ4n) is 4.08. The Morgan fingerprint density at radius 1 is 1.06 bits per heavy atom. The molecule has 1 saturated heterocycles. The van der Waals surface area contributed by atoms with Gasteiger partial charge in [-0.2, -0.15) is 0 Å². The highest BCUT2D eigenvalue weighted by Gasteiger charge is 2.26. The van der Waals surface area contributed by atoms with Crippen LogP contribution in [0.4, 0.5) is 5.69 Å². The minimum Gasteiger partial charge on any atom is -0.378 e. The van der Waals surface area contributed by atoms with Crippen molar-refractivity contribution in [2.45, 2.75) is 25.9 Å². The van der Waals surface area contributed by atoms with Crippen molar-refractivity contribution < 1.29 is 9.53 Å². The minimum absolute atomic E-state index is 0.172. The number of carbonyl (C=O) groups excluding carboxylic acids is 1. The van der Waals surface area contributed by atoms with E-state index in [-0.39, 0.29) is 12.0 Å². The van der Waals surface area contributed by atoms with E-state index in [0.717, 1.165) is 34.6 Å². The van der Waals surface area contributed by atoms with Crippen LogP contribution in [0.15, 0.2) is 66.7 Å². The molecule has 166 valence electrons. The summed E-state index contributed by atoms with van der Waals surface area (Å²) in [5.74, 6) is 0.172. The average molecular weight is 430 g/mol. The van der Waals surface area contributed by atoms with E-state index >= 15 is 0 Å². The van der Waals surface area contributed by atoms with Gasteiger partial charge in [0.2, 0.25) is 5.91 Å². The van der Waals surface area contributed by atoms with Crippen LogP contribution in [0.1, 0.15) is 29.5 Å². The van der Waals surface area contributed by atoms with Gasteiger partial charge in [-0.1, -0.05) is 42.5 Å². The molecule has 5 heteroatoms. The maximum atomic E-state index is 12.9. The van der Waals surface area contributed by atoms with Crippen molar-refractivity contribution in [3.63, 3.8) is 0 Å². The summed E-state index contributed by atoms with van der Waals surface area (Å²) in [6.45, 7) is 3.71. The van der Waals surface area contributed by atoms with Gasteiger partial charge in [-0.3, -0.25) is 9.78 Å². The van der Waals surface area contributed by atoms with E-state index in [2.05, 4.69) is 53.4 Å². The monoisotopic (exact) mass is 429 g/mol. The molecule has 1 aliphatic rings. The summed E-state index contributed by atoms with van der Waals surface area (Å²) >= 11 is 0. The standard InChI is InChI=1S/C27H31N3O2/c1-20-17-23(22-7-5-4-6-8-22)18-25(28-20)26-19-30(15-16-32-26)27(31)14-11-21-9-12-24(13-10-21)29(2)3/h4-10,12-13,17-18,26H,11,14-16,19H2,1-3H3. The molecular formula is C27H31N3O2. The number of pyridine rings is 1. The highest BCUT2D eigenvalue weighted by Crippen LogP contribution is 2.27. The third kappa shape index (κ3) is 5.35. The molecule has 2 aromatic carbocycles. The van der Waals surface area contributed by atoms with Crippen molar-refractivity contribution >= 4 is 11.6 Å². The third-order valence-corrected chi connectivity index (χ3v) is 5.91. The summed E-state index contributed by atoms with van der Waals surface area (Å²) in [4.78, 5) is 21.6. The number of anilines is 1. The Balaban J connectivity index is 1.41. The number of hydrogen-bond acceptors (Lipinski definition) is 4. The number of aromatic nitrogens is 1. The zero-order valence-electron chi connectivity index (χ0n) is 19.1. The van der Waals surface area contributed by atoms with Gasteiger partial charge in [0.05, 0.1) is 18.8 Å². The number of ether oxygens (including phenoxy) is 1. The van der Waals surface area contributed by atoms with Crippen LogP contribution in [0.25, 0.3) is 11.1 Å². The lowest BCUT2D eigenvalue weighted by atomic mass is 10.0. The molecule has 0 saturated carbocycles. The Hall–Kier alpha value is -3.18. The zero-order valence-corrected chi connectivity index (χ0v) is 19.1. The first-order valence-corrected chi connectivity index (χ1v) is 11.2. The average Bonchev–Trinajstić information content (AvgIpc) is 2.83. The van der Waals surface area contributed by atoms with Crippen molar-refractivity contribution in [3.05, 3.63) is 83.7 Å². The number of benzene rings is 2. The summed E-state index contributed by atoms with van der Waals surface area (Å²) in [6, 6.07) is 22.9. The number of morpholine rings is 1. The predicted octanol–water partition coefficient (Wildman–Crippen LogP) is 4.66. The molecule has 1 unspecified atom stereocenters. The van der Waals surface area contributed by atoms with Gasteiger partial charge >= 0.3 is 0 Å². The van der Waals surface area contributed by atoms with Crippen LogP contribution in [0, 0.1) is 6.92 Å². The number of aryl methyl sites for hydroxylation is 2. The molecular weight excluding hydrogens is 398 g/mol. The minimum atomic E-state index is -0.200. The molecule has 32 heavy (non-hydrogen) atoms. The van der Waals surface area contributed by atoms with Crippen LogP contribution >= 0.6 is 0 Å². The lowest BCUT2D eigenvalue weighted by Gasteiger charge is -2.33. The summed E-state index contributed by atoms with van der Waals surface area (Å²) in [5, 5.41) is 0. The molecule has 0 radical (unpaired) electrons. The van der Waals surface area contributed by atoms with Crippen LogP contribution in [-0.4, -0.2) is 49.6 Å². The number of nitrogens with zero attached hydrogens (tertiary/aromatic N) is 3. The fraction of sp³-hybridized carbons (Fsp3) is 0.333. The van der Waals surface area contributed by atoms with E-state index in [4.69, 9.17) is 9.72 Å². The lowest BCUT2D eigenvalue weighted by molar-refractivity contribution is -0.139. The van der Waals surface area contributed by atoms with E-state index in [0.29, 0.717) is 26.1 Å². The molecule has 1 fully saturated rings. The van der Waals surface area contributed by atoms with E-state index in [1.165, 1.54) is 5.56 Å². The Morgan fingerprint density at radius 2 is 1.81 bits per heavy atom. The molecule has 1 aliphatic heterocycles. The molecule has 1 atom stereocenters. The van der Waals surface area contributed by atoms with Crippen molar-refractivity contribution in [2.75, 3.05) is 38.7 Å². The topological polar surface area (TPSA) is 45.7 Å². The maximum absolute atomic E-state index is 12.9. The number of hydrogen-bond donors (Lipinski definition) is 0. The zero-order chi connectivity index (χ0) is 22.5. The molecule has 4 rings (SSSR count). The Labute approximate surface area is 190 Å². The van der Waals surface area contributed by atoms with E-state index in [1.54, 1.807) is 0 Å². The van der Waals surface area contributed by atoms with Gasteiger partial charge in [-0.15, -0.1) is 0 Å². The third-order valence-electron chi connectivity index (χ3n) is 5.91. The second-order valence-electron chi connectivity index (χ2n) is 8.55. The van der Waals surface area contributed by atoms with Crippen molar-refractivity contribution in [1.82, 2.24) is 9.88 Å². The Bertz CT molecular complexity index is 1050. The number of rotatable bonds is 6. The lowest BCUT2D eigenvalue weighted by Crippen LogP contribution is -2.42. The summed E-state index contributed by atoms with van der Waals surface area (Å²) < 4.78 is 6.03. The summed E-state index contributed by atoms with van der Waals surface area (Å²) in [7, 11) is 4.05. The summed E-state index contributed by atoms with van der Waals surface area (Å²) in [6.07, 6.45) is 1.05. The van der Waals surface area contributed by atoms with Gasteiger partial charge in [0.25, 0.3) is 0 Å². The predicted molar refractivity (Wildman–Crippen MR) is 129 cm³/mol. The quantitative estimate of drug-likeness (QED) is 0.572. The van der Waals surface area contributed by atoms with Gasteiger partial charge in [0.1, 0.15) is 6.10 Å². The van der Waals surface area contributed by atoms with E-state index in [1.807, 2.05) is 44.1 Å². The molecule has 0 N–H and O–H groups in total. The van der Waals surface area contributed by atoms with Gasteiger partial charge in [-0.05, 0) is 54.3 Å². The SMILES string of the molecule is Cc1cc(-c2ccccc2)cc(C2CN(C(=O)CCc3ccc(N(C)C)cc3)CCO2)n1. The first-order valence-electron chi connectivity index (χ1n) is 11.2. The number of carbonyl (C=O) groups is 1. The first-order chi connectivity index (χ1) is 15.5. The highest BCUT2D eigenvalue weighted by molar-refractivity contribution is 5.76. The molecule has 2 heterocycles. The fourth-order valence-corrected chi connectivity index (χ4v) is 4.08. The molecule has 1 aromatic heterocycles. The first kappa shape index (κ1) is 22.0. The van der Waals surface area contributed by atoms with Crippen LogP contribution in [0.3, 0.4) is 0 Å². The smallest absolute Gasteiger partial charge is 0.223 e. The van der Waals surface area contributed by atoms with Gasteiger partial charge < -0.3 is 14.5 Å². The molecule has 3 aromatic rings. The maximum Gasteiger partial charge on any atom is 0.223 e. The normalized spacial score (nSPS) is 16.1. The van der Waals surface area contributed by atoms with Gasteiger partial charge in [-0.25, -0.2) is 0 Å². The molecule has 0 spiro atoms. The van der Waals surface area contributed by atoms with Gasteiger partial charge in [0, 0.05) is 38.4 Å². The van der Waals surface area contributed by atoms with Crippen LogP contribution in [0.5, 0.6) is 0 Å². The van der Waals surface area contributed by atoms with Crippen molar-refractivity contribution in [2.24, 2.45) is 0 Å². The number of amides is 1. The Kier molecular flexibility index (Phi) is 6.86. The van der Waals surface area contributed by atoms with Crippen molar-refractivity contribution in [3.8, 4) is 11.1 Å². The van der Waals surface area contributed by atoms with Crippen LogP contribution in [-0.2, 0) is 16.0 Å². The second kappa shape index (κ2) is 9.96. The molecule has 0 aliphatic carbocycles. The van der Waals surface area contributed by atoms with Crippen molar-refractivity contribution in [1.29, 1.82) is 0 Å². The van der Waals surface area contributed by atoms with E-state index in [9.17, 15) is 4.79 Å². The van der Waals surface area contributed by atoms with Crippen LogP contribution < -0.4 is 4.90 Å². The summed E-state index contributed by atoms with van der Waals surface area (Å²) in [5.41, 5.74) is 6.47. The van der Waals surface area contributed by atoms with Crippen LogP contribution in [0.2, 0.25) is 0 Å². The largest absolute Gasteiger partial charge is 0.378 e. The molecule has 0 bridgehead atoms. The molecule has 1 amide bonds.